The monoisotopic (exact) mass is 256 g/mol. The summed E-state index contributed by atoms with van der Waals surface area (Å²) in [5.41, 5.74) is 3.11. The molecule has 1 atom stereocenters. The van der Waals surface area contributed by atoms with E-state index in [2.05, 4.69) is 28.5 Å². The summed E-state index contributed by atoms with van der Waals surface area (Å²) in [4.78, 5) is 15.2. The first-order valence-electron chi connectivity index (χ1n) is 7.05. The Bertz CT molecular complexity index is 639. The molecule has 2 aromatic rings. The van der Waals surface area contributed by atoms with Crippen LogP contribution in [0.3, 0.4) is 0 Å². The van der Waals surface area contributed by atoms with Crippen LogP contribution in [0.25, 0.3) is 10.9 Å². The molecule has 2 heterocycles. The predicted molar refractivity (Wildman–Crippen MR) is 78.6 cm³/mol. The fraction of sp³-hybridized carbons (Fsp3) is 0.438. The largest absolute Gasteiger partial charge is 0.322 e. The highest BCUT2D eigenvalue weighted by molar-refractivity contribution is 5.79. The molecule has 3 rings (SSSR count). The molecule has 1 aromatic heterocycles. The number of fused-ring (bicyclic) bond motifs is 1. The first-order valence-corrected chi connectivity index (χ1v) is 7.05. The van der Waals surface area contributed by atoms with Gasteiger partial charge in [-0.15, -0.1) is 0 Å². The van der Waals surface area contributed by atoms with Crippen LogP contribution in [0.5, 0.6) is 0 Å². The smallest absolute Gasteiger partial charge is 0.251 e. The lowest BCUT2D eigenvalue weighted by molar-refractivity contribution is 0.375. The predicted octanol–water partition coefficient (Wildman–Crippen LogP) is 2.38. The van der Waals surface area contributed by atoms with Crippen LogP contribution in [0, 0.1) is 12.8 Å². The Hall–Kier alpha value is -1.61. The maximum Gasteiger partial charge on any atom is 0.251 e. The molecule has 100 valence electrons. The van der Waals surface area contributed by atoms with E-state index in [1.165, 1.54) is 18.4 Å². The van der Waals surface area contributed by atoms with E-state index >= 15 is 0 Å². The van der Waals surface area contributed by atoms with Gasteiger partial charge in [0.2, 0.25) is 0 Å². The first-order chi connectivity index (χ1) is 9.22. The highest BCUT2D eigenvalue weighted by atomic mass is 16.1. The van der Waals surface area contributed by atoms with Gasteiger partial charge in [0, 0.05) is 11.1 Å². The SMILES string of the molecule is Cc1ccc2cc(CC3CCCNC3)c(=O)[nH]c2c1. The molecule has 0 bridgehead atoms. The minimum atomic E-state index is 0.0728. The number of piperidine rings is 1. The molecule has 19 heavy (non-hydrogen) atoms. The van der Waals surface area contributed by atoms with Gasteiger partial charge >= 0.3 is 0 Å². The molecule has 1 unspecified atom stereocenters. The van der Waals surface area contributed by atoms with Gasteiger partial charge in [-0.25, -0.2) is 0 Å². The molecule has 0 saturated carbocycles. The van der Waals surface area contributed by atoms with Gasteiger partial charge in [-0.2, -0.15) is 0 Å². The number of hydrogen-bond donors (Lipinski definition) is 2. The van der Waals surface area contributed by atoms with E-state index in [1.807, 2.05) is 13.0 Å². The second-order valence-corrected chi connectivity index (χ2v) is 5.63. The third-order valence-corrected chi connectivity index (χ3v) is 3.99. The topological polar surface area (TPSA) is 44.9 Å². The van der Waals surface area contributed by atoms with Crippen molar-refractivity contribution in [3.05, 3.63) is 45.7 Å². The van der Waals surface area contributed by atoms with E-state index in [4.69, 9.17) is 0 Å². The molecular weight excluding hydrogens is 236 g/mol. The summed E-state index contributed by atoms with van der Waals surface area (Å²) >= 11 is 0. The second-order valence-electron chi connectivity index (χ2n) is 5.63. The minimum absolute atomic E-state index is 0.0728. The maximum atomic E-state index is 12.1. The number of aryl methyl sites for hydroxylation is 1. The van der Waals surface area contributed by atoms with Gasteiger partial charge in [-0.1, -0.05) is 12.1 Å². The Labute approximate surface area is 113 Å². The third kappa shape index (κ3) is 2.71. The Morgan fingerprint density at radius 1 is 1.32 bits per heavy atom. The lowest BCUT2D eigenvalue weighted by Crippen LogP contribution is -2.32. The summed E-state index contributed by atoms with van der Waals surface area (Å²) in [6.45, 7) is 4.19. The zero-order valence-corrected chi connectivity index (χ0v) is 11.3. The molecular formula is C16H20N2O. The summed E-state index contributed by atoms with van der Waals surface area (Å²) < 4.78 is 0. The van der Waals surface area contributed by atoms with Gasteiger partial charge in [0.15, 0.2) is 0 Å². The number of aromatic nitrogens is 1. The number of H-pyrrole nitrogens is 1. The van der Waals surface area contributed by atoms with Crippen molar-refractivity contribution < 1.29 is 0 Å². The zero-order chi connectivity index (χ0) is 13.2. The van der Waals surface area contributed by atoms with Crippen LogP contribution in [0.15, 0.2) is 29.1 Å². The molecule has 0 spiro atoms. The highest BCUT2D eigenvalue weighted by Gasteiger charge is 2.15. The van der Waals surface area contributed by atoms with E-state index in [0.29, 0.717) is 5.92 Å². The van der Waals surface area contributed by atoms with Crippen molar-refractivity contribution in [3.8, 4) is 0 Å². The van der Waals surface area contributed by atoms with Crippen molar-refractivity contribution in [2.75, 3.05) is 13.1 Å². The normalized spacial score (nSPS) is 19.7. The van der Waals surface area contributed by atoms with Gasteiger partial charge in [0.1, 0.15) is 0 Å². The van der Waals surface area contributed by atoms with E-state index in [1.54, 1.807) is 0 Å². The van der Waals surface area contributed by atoms with Crippen LogP contribution in [-0.4, -0.2) is 18.1 Å². The molecule has 1 fully saturated rings. The summed E-state index contributed by atoms with van der Waals surface area (Å²) in [5.74, 6) is 0.595. The van der Waals surface area contributed by atoms with Crippen LogP contribution in [0.1, 0.15) is 24.0 Å². The first kappa shape index (κ1) is 12.4. The standard InChI is InChI=1S/C16H20N2O/c1-11-4-5-13-9-14(16(19)18-15(13)7-11)8-12-3-2-6-17-10-12/h4-5,7,9,12,17H,2-3,6,8,10H2,1H3,(H,18,19). The van der Waals surface area contributed by atoms with E-state index in [9.17, 15) is 4.79 Å². The molecule has 3 heteroatoms. The molecule has 2 N–H and O–H groups in total. The summed E-state index contributed by atoms with van der Waals surface area (Å²) in [7, 11) is 0. The van der Waals surface area contributed by atoms with Gasteiger partial charge < -0.3 is 10.3 Å². The van der Waals surface area contributed by atoms with Crippen molar-refractivity contribution in [1.29, 1.82) is 0 Å². The Kier molecular flexibility index (Phi) is 3.38. The van der Waals surface area contributed by atoms with Gasteiger partial charge in [-0.3, -0.25) is 4.79 Å². The lowest BCUT2D eigenvalue weighted by atomic mass is 9.92. The summed E-state index contributed by atoms with van der Waals surface area (Å²) in [6.07, 6.45) is 3.32. The Balaban J connectivity index is 1.92. The van der Waals surface area contributed by atoms with Crippen LogP contribution >= 0.6 is 0 Å². The number of benzene rings is 1. The summed E-state index contributed by atoms with van der Waals surface area (Å²) in [6, 6.07) is 8.26. The fourth-order valence-corrected chi connectivity index (χ4v) is 2.92. The minimum Gasteiger partial charge on any atom is -0.322 e. The molecule has 0 aliphatic carbocycles. The fourth-order valence-electron chi connectivity index (χ4n) is 2.92. The number of hydrogen-bond acceptors (Lipinski definition) is 2. The molecule has 0 radical (unpaired) electrons. The lowest BCUT2D eigenvalue weighted by Gasteiger charge is -2.22. The van der Waals surface area contributed by atoms with Gasteiger partial charge in [-0.05, 0) is 68.3 Å². The zero-order valence-electron chi connectivity index (χ0n) is 11.3. The number of rotatable bonds is 2. The highest BCUT2D eigenvalue weighted by Crippen LogP contribution is 2.18. The second kappa shape index (κ2) is 5.17. The average Bonchev–Trinajstić information content (AvgIpc) is 2.41. The summed E-state index contributed by atoms with van der Waals surface area (Å²) in [5, 5.41) is 4.54. The molecule has 1 aromatic carbocycles. The van der Waals surface area contributed by atoms with Crippen molar-refractivity contribution in [3.63, 3.8) is 0 Å². The molecule has 1 saturated heterocycles. The molecule has 0 amide bonds. The van der Waals surface area contributed by atoms with Crippen LogP contribution < -0.4 is 10.9 Å². The molecule has 3 nitrogen and oxygen atoms in total. The Morgan fingerprint density at radius 3 is 3.00 bits per heavy atom. The van der Waals surface area contributed by atoms with Crippen molar-refractivity contribution in [2.45, 2.75) is 26.2 Å². The van der Waals surface area contributed by atoms with E-state index < -0.39 is 0 Å². The number of nitrogens with one attached hydrogen (secondary N) is 2. The van der Waals surface area contributed by atoms with Crippen LogP contribution in [0.2, 0.25) is 0 Å². The maximum absolute atomic E-state index is 12.1. The van der Waals surface area contributed by atoms with Crippen molar-refractivity contribution >= 4 is 10.9 Å². The average molecular weight is 256 g/mol. The quantitative estimate of drug-likeness (QED) is 0.866. The third-order valence-electron chi connectivity index (χ3n) is 3.99. The van der Waals surface area contributed by atoms with E-state index in [0.717, 1.165) is 36.0 Å². The van der Waals surface area contributed by atoms with Gasteiger partial charge in [0.05, 0.1) is 0 Å². The Morgan fingerprint density at radius 2 is 2.21 bits per heavy atom. The van der Waals surface area contributed by atoms with Crippen molar-refractivity contribution in [2.24, 2.45) is 5.92 Å². The molecule has 1 aliphatic heterocycles. The number of pyridine rings is 1. The van der Waals surface area contributed by atoms with Crippen LogP contribution in [0.4, 0.5) is 0 Å². The van der Waals surface area contributed by atoms with E-state index in [-0.39, 0.29) is 5.56 Å². The number of aromatic amines is 1. The molecule has 1 aliphatic rings. The van der Waals surface area contributed by atoms with Crippen LogP contribution in [-0.2, 0) is 6.42 Å². The van der Waals surface area contributed by atoms with Gasteiger partial charge in [0.25, 0.3) is 5.56 Å². The van der Waals surface area contributed by atoms with Crippen molar-refractivity contribution in [1.82, 2.24) is 10.3 Å².